The molecule has 0 radical (unpaired) electrons. The van der Waals surface area contributed by atoms with Gasteiger partial charge in [-0.1, -0.05) is 23.7 Å². The Kier molecular flexibility index (Phi) is 4.54. The highest BCUT2D eigenvalue weighted by molar-refractivity contribution is 6.30. The second-order valence-corrected chi connectivity index (χ2v) is 5.06. The summed E-state index contributed by atoms with van der Waals surface area (Å²) < 4.78 is 0. The van der Waals surface area contributed by atoms with E-state index in [0.29, 0.717) is 5.02 Å². The van der Waals surface area contributed by atoms with Gasteiger partial charge in [0, 0.05) is 5.02 Å². The molecule has 1 aromatic carbocycles. The van der Waals surface area contributed by atoms with Crippen molar-refractivity contribution in [3.05, 3.63) is 34.9 Å². The first-order valence-corrected chi connectivity index (χ1v) is 6.00. The van der Waals surface area contributed by atoms with E-state index >= 15 is 0 Å². The fourth-order valence-corrected chi connectivity index (χ4v) is 1.45. The first-order valence-electron chi connectivity index (χ1n) is 5.62. The molecule has 1 amide bonds. The SMILES string of the molecule is CNC(C)(C)C(=O)NC(C)c1ccc(Cl)cc1. The minimum atomic E-state index is -0.569. The Morgan fingerprint density at radius 3 is 2.29 bits per heavy atom. The van der Waals surface area contributed by atoms with Gasteiger partial charge in [0.25, 0.3) is 0 Å². The third-order valence-electron chi connectivity index (χ3n) is 2.91. The molecular formula is C13H19ClN2O. The highest BCUT2D eigenvalue weighted by Crippen LogP contribution is 2.16. The van der Waals surface area contributed by atoms with Crippen LogP contribution in [-0.2, 0) is 4.79 Å². The number of amides is 1. The minimum absolute atomic E-state index is 0.0255. The largest absolute Gasteiger partial charge is 0.348 e. The topological polar surface area (TPSA) is 41.1 Å². The lowest BCUT2D eigenvalue weighted by Gasteiger charge is -2.25. The molecule has 0 aromatic heterocycles. The summed E-state index contributed by atoms with van der Waals surface area (Å²) >= 11 is 5.82. The molecule has 1 rings (SSSR count). The summed E-state index contributed by atoms with van der Waals surface area (Å²) in [6, 6.07) is 7.44. The number of halogens is 1. The Bertz CT molecular complexity index is 387. The predicted molar refractivity (Wildman–Crippen MR) is 71.1 cm³/mol. The molecular weight excluding hydrogens is 236 g/mol. The van der Waals surface area contributed by atoms with Gasteiger partial charge >= 0.3 is 0 Å². The second-order valence-electron chi connectivity index (χ2n) is 4.62. The summed E-state index contributed by atoms with van der Waals surface area (Å²) in [4.78, 5) is 11.9. The van der Waals surface area contributed by atoms with Crippen molar-refractivity contribution in [2.24, 2.45) is 0 Å². The number of rotatable bonds is 4. The third-order valence-corrected chi connectivity index (χ3v) is 3.16. The van der Waals surface area contributed by atoms with E-state index in [0.717, 1.165) is 5.56 Å². The van der Waals surface area contributed by atoms with E-state index in [-0.39, 0.29) is 11.9 Å². The zero-order valence-electron chi connectivity index (χ0n) is 10.7. The molecule has 4 heteroatoms. The van der Waals surface area contributed by atoms with Crippen LogP contribution >= 0.6 is 11.6 Å². The van der Waals surface area contributed by atoms with E-state index < -0.39 is 5.54 Å². The number of hydrogen-bond donors (Lipinski definition) is 2. The van der Waals surface area contributed by atoms with Crippen molar-refractivity contribution >= 4 is 17.5 Å². The molecule has 94 valence electrons. The van der Waals surface area contributed by atoms with Crippen LogP contribution in [0.15, 0.2) is 24.3 Å². The maximum Gasteiger partial charge on any atom is 0.240 e. The molecule has 0 saturated carbocycles. The molecule has 1 unspecified atom stereocenters. The molecule has 0 saturated heterocycles. The van der Waals surface area contributed by atoms with Crippen LogP contribution in [0.3, 0.4) is 0 Å². The lowest BCUT2D eigenvalue weighted by molar-refractivity contribution is -0.126. The molecule has 2 N–H and O–H groups in total. The molecule has 1 aromatic rings. The molecule has 0 aliphatic carbocycles. The Labute approximate surface area is 108 Å². The Morgan fingerprint density at radius 1 is 1.29 bits per heavy atom. The Morgan fingerprint density at radius 2 is 1.82 bits per heavy atom. The number of benzene rings is 1. The van der Waals surface area contributed by atoms with Crippen LogP contribution in [0.5, 0.6) is 0 Å². The molecule has 0 fully saturated rings. The van der Waals surface area contributed by atoms with Gasteiger partial charge in [0.15, 0.2) is 0 Å². The predicted octanol–water partition coefficient (Wildman–Crippen LogP) is 2.52. The van der Waals surface area contributed by atoms with Gasteiger partial charge in [-0.2, -0.15) is 0 Å². The van der Waals surface area contributed by atoms with Crippen LogP contribution in [0, 0.1) is 0 Å². The van der Waals surface area contributed by atoms with Crippen molar-refractivity contribution in [2.45, 2.75) is 32.4 Å². The number of likely N-dealkylation sites (N-methyl/N-ethyl adjacent to an activating group) is 1. The number of nitrogens with one attached hydrogen (secondary N) is 2. The van der Waals surface area contributed by atoms with E-state index in [1.807, 2.05) is 45.0 Å². The summed E-state index contributed by atoms with van der Waals surface area (Å²) in [6.07, 6.45) is 0. The zero-order chi connectivity index (χ0) is 13.1. The summed E-state index contributed by atoms with van der Waals surface area (Å²) in [7, 11) is 1.77. The smallest absolute Gasteiger partial charge is 0.240 e. The maximum absolute atomic E-state index is 11.9. The highest BCUT2D eigenvalue weighted by Gasteiger charge is 2.26. The van der Waals surface area contributed by atoms with Gasteiger partial charge < -0.3 is 10.6 Å². The zero-order valence-corrected chi connectivity index (χ0v) is 11.4. The molecule has 1 atom stereocenters. The van der Waals surface area contributed by atoms with Gasteiger partial charge in [-0.05, 0) is 45.5 Å². The fraction of sp³-hybridized carbons (Fsp3) is 0.462. The molecule has 0 bridgehead atoms. The van der Waals surface area contributed by atoms with Crippen LogP contribution in [0.2, 0.25) is 5.02 Å². The van der Waals surface area contributed by atoms with Crippen molar-refractivity contribution in [1.29, 1.82) is 0 Å². The lowest BCUT2D eigenvalue weighted by atomic mass is 10.0. The fourth-order valence-electron chi connectivity index (χ4n) is 1.33. The van der Waals surface area contributed by atoms with Crippen LogP contribution in [0.25, 0.3) is 0 Å². The van der Waals surface area contributed by atoms with Gasteiger partial charge in [0.2, 0.25) is 5.91 Å². The van der Waals surface area contributed by atoms with Gasteiger partial charge in [0.1, 0.15) is 0 Å². The molecule has 0 aliphatic rings. The van der Waals surface area contributed by atoms with E-state index in [9.17, 15) is 4.79 Å². The van der Waals surface area contributed by atoms with Crippen molar-refractivity contribution in [3.8, 4) is 0 Å². The number of carbonyl (C=O) groups is 1. The maximum atomic E-state index is 11.9. The van der Waals surface area contributed by atoms with Crippen molar-refractivity contribution in [1.82, 2.24) is 10.6 Å². The number of hydrogen-bond acceptors (Lipinski definition) is 2. The van der Waals surface area contributed by atoms with E-state index in [1.165, 1.54) is 0 Å². The molecule has 0 aliphatic heterocycles. The van der Waals surface area contributed by atoms with Crippen LogP contribution in [0.4, 0.5) is 0 Å². The normalized spacial score (nSPS) is 13.2. The lowest BCUT2D eigenvalue weighted by Crippen LogP contribution is -2.51. The van der Waals surface area contributed by atoms with Crippen molar-refractivity contribution in [3.63, 3.8) is 0 Å². The molecule has 3 nitrogen and oxygen atoms in total. The Balaban J connectivity index is 2.70. The van der Waals surface area contributed by atoms with Crippen LogP contribution < -0.4 is 10.6 Å². The summed E-state index contributed by atoms with van der Waals surface area (Å²) in [5, 5.41) is 6.63. The molecule has 17 heavy (non-hydrogen) atoms. The summed E-state index contributed by atoms with van der Waals surface area (Å²) in [6.45, 7) is 5.64. The first kappa shape index (κ1) is 14.0. The van der Waals surface area contributed by atoms with E-state index in [2.05, 4.69) is 10.6 Å². The summed E-state index contributed by atoms with van der Waals surface area (Å²) in [5.41, 5.74) is 0.468. The van der Waals surface area contributed by atoms with Gasteiger partial charge in [0.05, 0.1) is 11.6 Å². The average molecular weight is 255 g/mol. The highest BCUT2D eigenvalue weighted by atomic mass is 35.5. The third kappa shape index (κ3) is 3.72. The van der Waals surface area contributed by atoms with E-state index in [4.69, 9.17) is 11.6 Å². The van der Waals surface area contributed by atoms with Crippen molar-refractivity contribution < 1.29 is 4.79 Å². The van der Waals surface area contributed by atoms with Gasteiger partial charge in [-0.3, -0.25) is 4.79 Å². The van der Waals surface area contributed by atoms with Crippen LogP contribution in [0.1, 0.15) is 32.4 Å². The average Bonchev–Trinajstić information content (AvgIpc) is 2.29. The molecule has 0 heterocycles. The molecule has 0 spiro atoms. The monoisotopic (exact) mass is 254 g/mol. The van der Waals surface area contributed by atoms with Gasteiger partial charge in [-0.15, -0.1) is 0 Å². The van der Waals surface area contributed by atoms with Gasteiger partial charge in [-0.25, -0.2) is 0 Å². The Hall–Kier alpha value is -1.06. The standard InChI is InChI=1S/C13H19ClN2O/c1-9(10-5-7-11(14)8-6-10)16-12(17)13(2,3)15-4/h5-9,15H,1-4H3,(H,16,17). The summed E-state index contributed by atoms with van der Waals surface area (Å²) in [5.74, 6) is -0.0255. The van der Waals surface area contributed by atoms with Crippen LogP contribution in [-0.4, -0.2) is 18.5 Å². The van der Waals surface area contributed by atoms with E-state index in [1.54, 1.807) is 7.05 Å². The number of carbonyl (C=O) groups excluding carboxylic acids is 1. The first-order chi connectivity index (χ1) is 7.86. The second kappa shape index (κ2) is 5.52. The van der Waals surface area contributed by atoms with Crippen molar-refractivity contribution in [2.75, 3.05) is 7.05 Å². The minimum Gasteiger partial charge on any atom is -0.348 e. The quantitative estimate of drug-likeness (QED) is 0.867.